The predicted molar refractivity (Wildman–Crippen MR) is 53.5 cm³/mol. The van der Waals surface area contributed by atoms with Crippen molar-refractivity contribution < 1.29 is 9.53 Å². The zero-order valence-electron chi connectivity index (χ0n) is 9.26. The third kappa shape index (κ3) is 4.27. The second-order valence-electron chi connectivity index (χ2n) is 3.68. The highest BCUT2D eigenvalue weighted by atomic mass is 16.5. The number of esters is 1. The Kier molecular flexibility index (Phi) is 5.71. The molecule has 0 aromatic rings. The molecule has 0 amide bonds. The number of ether oxygens (including phenoxy) is 1. The lowest BCUT2D eigenvalue weighted by atomic mass is 10.0. The van der Waals surface area contributed by atoms with Gasteiger partial charge in [-0.05, 0) is 19.3 Å². The van der Waals surface area contributed by atoms with Crippen LogP contribution in [0.1, 0.15) is 34.1 Å². The minimum absolute atomic E-state index is 0.164. The van der Waals surface area contributed by atoms with Gasteiger partial charge >= 0.3 is 5.97 Å². The van der Waals surface area contributed by atoms with E-state index in [1.807, 2.05) is 6.92 Å². The van der Waals surface area contributed by atoms with Gasteiger partial charge in [-0.1, -0.05) is 20.8 Å². The molecule has 0 saturated carbocycles. The number of methoxy groups -OCH3 is 1. The molecule has 0 heterocycles. The van der Waals surface area contributed by atoms with Crippen LogP contribution in [0.2, 0.25) is 0 Å². The van der Waals surface area contributed by atoms with E-state index in [-0.39, 0.29) is 12.0 Å². The second kappa shape index (κ2) is 5.97. The first-order valence-electron chi connectivity index (χ1n) is 4.86. The average Bonchev–Trinajstić information content (AvgIpc) is 2.12. The van der Waals surface area contributed by atoms with Crippen molar-refractivity contribution in [3.8, 4) is 0 Å². The lowest BCUT2D eigenvalue weighted by molar-refractivity contribution is -0.143. The van der Waals surface area contributed by atoms with Crippen LogP contribution in [0.3, 0.4) is 0 Å². The fourth-order valence-corrected chi connectivity index (χ4v) is 1.00. The van der Waals surface area contributed by atoms with Crippen molar-refractivity contribution in [3.05, 3.63) is 0 Å². The number of nitrogens with one attached hydrogen (secondary N) is 1. The maximum Gasteiger partial charge on any atom is 0.322 e. The van der Waals surface area contributed by atoms with Gasteiger partial charge in [-0.2, -0.15) is 0 Å². The molecule has 0 aromatic heterocycles. The van der Waals surface area contributed by atoms with Gasteiger partial charge in [0.1, 0.15) is 6.04 Å². The molecular weight excluding hydrogens is 166 g/mol. The van der Waals surface area contributed by atoms with Gasteiger partial charge in [-0.15, -0.1) is 0 Å². The van der Waals surface area contributed by atoms with Crippen LogP contribution in [-0.2, 0) is 9.53 Å². The van der Waals surface area contributed by atoms with Crippen LogP contribution in [0.25, 0.3) is 0 Å². The van der Waals surface area contributed by atoms with Gasteiger partial charge in [0.25, 0.3) is 0 Å². The van der Waals surface area contributed by atoms with E-state index in [1.165, 1.54) is 7.11 Å². The Morgan fingerprint density at radius 3 is 2.23 bits per heavy atom. The SMILES string of the molecule is CCC(NC(C)C(C)C)C(=O)OC. The summed E-state index contributed by atoms with van der Waals surface area (Å²) in [7, 11) is 1.42. The number of rotatable bonds is 5. The minimum Gasteiger partial charge on any atom is -0.468 e. The second-order valence-corrected chi connectivity index (χ2v) is 3.68. The Morgan fingerprint density at radius 2 is 1.92 bits per heavy atom. The van der Waals surface area contributed by atoms with Crippen molar-refractivity contribution in [3.63, 3.8) is 0 Å². The summed E-state index contributed by atoms with van der Waals surface area (Å²) in [4.78, 5) is 11.2. The Balaban J connectivity index is 4.05. The molecule has 2 unspecified atom stereocenters. The molecule has 13 heavy (non-hydrogen) atoms. The summed E-state index contributed by atoms with van der Waals surface area (Å²) < 4.78 is 4.68. The van der Waals surface area contributed by atoms with Crippen LogP contribution >= 0.6 is 0 Å². The molecule has 0 fully saturated rings. The van der Waals surface area contributed by atoms with E-state index in [0.717, 1.165) is 6.42 Å². The zero-order chi connectivity index (χ0) is 10.4. The Bertz CT molecular complexity index is 157. The highest BCUT2D eigenvalue weighted by molar-refractivity contribution is 5.75. The summed E-state index contributed by atoms with van der Waals surface area (Å²) in [6.07, 6.45) is 0.768. The first-order valence-corrected chi connectivity index (χ1v) is 4.86. The summed E-state index contributed by atoms with van der Waals surface area (Å²) in [5.41, 5.74) is 0. The maximum atomic E-state index is 11.2. The third-order valence-electron chi connectivity index (χ3n) is 2.36. The van der Waals surface area contributed by atoms with Gasteiger partial charge in [0.2, 0.25) is 0 Å². The molecule has 0 aromatic carbocycles. The topological polar surface area (TPSA) is 38.3 Å². The van der Waals surface area contributed by atoms with Crippen LogP contribution in [-0.4, -0.2) is 25.2 Å². The molecule has 0 spiro atoms. The van der Waals surface area contributed by atoms with E-state index in [1.54, 1.807) is 0 Å². The molecule has 3 nitrogen and oxygen atoms in total. The van der Waals surface area contributed by atoms with Crippen molar-refractivity contribution in [2.24, 2.45) is 5.92 Å². The minimum atomic E-state index is -0.171. The summed E-state index contributed by atoms with van der Waals surface area (Å²) in [5, 5.41) is 3.24. The Morgan fingerprint density at radius 1 is 1.38 bits per heavy atom. The lowest BCUT2D eigenvalue weighted by Crippen LogP contribution is -2.44. The molecule has 0 radical (unpaired) electrons. The van der Waals surface area contributed by atoms with Crippen molar-refractivity contribution in [1.82, 2.24) is 5.32 Å². The molecule has 0 bridgehead atoms. The van der Waals surface area contributed by atoms with E-state index >= 15 is 0 Å². The highest BCUT2D eigenvalue weighted by Gasteiger charge is 2.19. The van der Waals surface area contributed by atoms with Gasteiger partial charge in [0.15, 0.2) is 0 Å². The standard InChI is InChI=1S/C10H21NO2/c1-6-9(10(12)13-5)11-8(4)7(2)3/h7-9,11H,6H2,1-5H3. The summed E-state index contributed by atoms with van der Waals surface area (Å²) in [5.74, 6) is 0.355. The molecule has 0 saturated heterocycles. The monoisotopic (exact) mass is 187 g/mol. The molecule has 0 aliphatic carbocycles. The van der Waals surface area contributed by atoms with Crippen LogP contribution in [0, 0.1) is 5.92 Å². The smallest absolute Gasteiger partial charge is 0.322 e. The van der Waals surface area contributed by atoms with Crippen molar-refractivity contribution >= 4 is 5.97 Å². The van der Waals surface area contributed by atoms with Crippen LogP contribution < -0.4 is 5.32 Å². The van der Waals surface area contributed by atoms with Crippen LogP contribution in [0.15, 0.2) is 0 Å². The first kappa shape index (κ1) is 12.4. The number of carbonyl (C=O) groups is 1. The van der Waals surface area contributed by atoms with Crippen LogP contribution in [0.4, 0.5) is 0 Å². The number of carbonyl (C=O) groups excluding carboxylic acids is 1. The van der Waals surface area contributed by atoms with E-state index in [4.69, 9.17) is 0 Å². The largest absolute Gasteiger partial charge is 0.468 e. The lowest BCUT2D eigenvalue weighted by Gasteiger charge is -2.22. The first-order chi connectivity index (χ1) is 6.02. The molecular formula is C10H21NO2. The summed E-state index contributed by atoms with van der Waals surface area (Å²) in [6, 6.07) is 0.173. The molecule has 78 valence electrons. The predicted octanol–water partition coefficient (Wildman–Crippen LogP) is 1.57. The van der Waals surface area contributed by atoms with E-state index in [9.17, 15) is 4.79 Å². The van der Waals surface area contributed by atoms with Gasteiger partial charge in [-0.25, -0.2) is 0 Å². The quantitative estimate of drug-likeness (QED) is 0.664. The Hall–Kier alpha value is -0.570. The summed E-state index contributed by atoms with van der Waals surface area (Å²) in [6.45, 7) is 8.31. The van der Waals surface area contributed by atoms with Crippen molar-refractivity contribution in [1.29, 1.82) is 0 Å². The van der Waals surface area contributed by atoms with Gasteiger partial charge in [0, 0.05) is 6.04 Å². The fourth-order valence-electron chi connectivity index (χ4n) is 1.00. The van der Waals surface area contributed by atoms with E-state index < -0.39 is 0 Å². The van der Waals surface area contributed by atoms with Gasteiger partial charge < -0.3 is 10.1 Å². The molecule has 0 aliphatic rings. The fraction of sp³-hybridized carbons (Fsp3) is 0.900. The van der Waals surface area contributed by atoms with Gasteiger partial charge in [-0.3, -0.25) is 4.79 Å². The normalized spacial score (nSPS) is 15.5. The average molecular weight is 187 g/mol. The number of hydrogen-bond donors (Lipinski definition) is 1. The molecule has 0 aliphatic heterocycles. The highest BCUT2D eigenvalue weighted by Crippen LogP contribution is 2.03. The van der Waals surface area contributed by atoms with E-state index in [0.29, 0.717) is 12.0 Å². The Labute approximate surface area is 80.8 Å². The van der Waals surface area contributed by atoms with Crippen LogP contribution in [0.5, 0.6) is 0 Å². The zero-order valence-corrected chi connectivity index (χ0v) is 9.26. The molecule has 2 atom stereocenters. The van der Waals surface area contributed by atoms with Gasteiger partial charge in [0.05, 0.1) is 7.11 Å². The van der Waals surface area contributed by atoms with Crippen molar-refractivity contribution in [2.75, 3.05) is 7.11 Å². The number of hydrogen-bond acceptors (Lipinski definition) is 3. The molecule has 0 rings (SSSR count). The van der Waals surface area contributed by atoms with E-state index in [2.05, 4.69) is 30.8 Å². The van der Waals surface area contributed by atoms with Crippen molar-refractivity contribution in [2.45, 2.75) is 46.2 Å². The third-order valence-corrected chi connectivity index (χ3v) is 2.36. The molecule has 3 heteroatoms. The maximum absolute atomic E-state index is 11.2. The summed E-state index contributed by atoms with van der Waals surface area (Å²) >= 11 is 0. The molecule has 1 N–H and O–H groups in total.